The minimum atomic E-state index is -0.135. The Morgan fingerprint density at radius 1 is 1.08 bits per heavy atom. The number of nitrogens with zero attached hydrogens (tertiary/aromatic N) is 2. The quantitative estimate of drug-likeness (QED) is 0.749. The van der Waals surface area contributed by atoms with Gasteiger partial charge in [0.2, 0.25) is 11.8 Å². The first-order chi connectivity index (χ1) is 11.6. The van der Waals surface area contributed by atoms with Crippen molar-refractivity contribution in [2.24, 2.45) is 5.41 Å². The van der Waals surface area contributed by atoms with E-state index in [0.29, 0.717) is 24.6 Å². The molecule has 136 valence electrons. The van der Waals surface area contributed by atoms with Gasteiger partial charge in [-0.3, -0.25) is 9.59 Å². The molecule has 0 aromatic rings. The van der Waals surface area contributed by atoms with Crippen LogP contribution in [-0.2, 0) is 14.3 Å². The van der Waals surface area contributed by atoms with Crippen LogP contribution in [0.15, 0.2) is 0 Å². The van der Waals surface area contributed by atoms with Gasteiger partial charge in [-0.1, -0.05) is 0 Å². The minimum absolute atomic E-state index is 0.135. The molecule has 0 aromatic heterocycles. The topological polar surface area (TPSA) is 49.9 Å². The van der Waals surface area contributed by atoms with Crippen molar-refractivity contribution in [2.75, 3.05) is 26.8 Å². The van der Waals surface area contributed by atoms with Crippen LogP contribution in [0, 0.1) is 5.41 Å². The molecule has 3 rings (SSSR count). The van der Waals surface area contributed by atoms with Gasteiger partial charge in [0.05, 0.1) is 5.41 Å². The van der Waals surface area contributed by atoms with E-state index in [4.69, 9.17) is 4.74 Å². The lowest BCUT2D eigenvalue weighted by molar-refractivity contribution is -0.137. The molecule has 1 atom stereocenters. The standard InChI is InChI=1S/C19H32N2O3/c1-15(22)21(16-5-3-6-16)17-7-4-12-20(13-8-17)18(23)19(9-10-19)11-14-24-2/h16-17H,3-14H2,1-2H3. The molecule has 0 bridgehead atoms. The molecule has 1 heterocycles. The molecular weight excluding hydrogens is 304 g/mol. The molecule has 0 N–H and O–H groups in total. The third kappa shape index (κ3) is 3.61. The van der Waals surface area contributed by atoms with E-state index in [2.05, 4.69) is 9.80 Å². The monoisotopic (exact) mass is 336 g/mol. The molecule has 2 amide bonds. The summed E-state index contributed by atoms with van der Waals surface area (Å²) < 4.78 is 5.18. The normalized spacial score (nSPS) is 26.4. The smallest absolute Gasteiger partial charge is 0.228 e. The van der Waals surface area contributed by atoms with E-state index < -0.39 is 0 Å². The predicted molar refractivity (Wildman–Crippen MR) is 92.5 cm³/mol. The second kappa shape index (κ2) is 7.42. The zero-order valence-corrected chi connectivity index (χ0v) is 15.3. The fourth-order valence-electron chi connectivity index (χ4n) is 4.39. The number of rotatable bonds is 6. The summed E-state index contributed by atoms with van der Waals surface area (Å²) in [7, 11) is 1.70. The second-order valence-corrected chi connectivity index (χ2v) is 7.91. The highest BCUT2D eigenvalue weighted by molar-refractivity contribution is 5.85. The van der Waals surface area contributed by atoms with Crippen molar-refractivity contribution in [3.8, 4) is 0 Å². The molecule has 1 aliphatic heterocycles. The largest absolute Gasteiger partial charge is 0.385 e. The minimum Gasteiger partial charge on any atom is -0.385 e. The SMILES string of the molecule is COCCC1(C(=O)N2CCCC(N(C(C)=O)C3CCC3)CC2)CC1. The maximum atomic E-state index is 12.9. The van der Waals surface area contributed by atoms with E-state index in [1.807, 2.05) is 0 Å². The lowest BCUT2D eigenvalue weighted by Crippen LogP contribution is -2.49. The molecule has 1 saturated heterocycles. The van der Waals surface area contributed by atoms with Crippen LogP contribution in [0.3, 0.4) is 0 Å². The Kier molecular flexibility index (Phi) is 5.48. The number of ether oxygens (including phenoxy) is 1. The maximum absolute atomic E-state index is 12.9. The van der Waals surface area contributed by atoms with Crippen LogP contribution in [0.4, 0.5) is 0 Å². The van der Waals surface area contributed by atoms with Crippen molar-refractivity contribution in [1.29, 1.82) is 0 Å². The number of likely N-dealkylation sites (tertiary alicyclic amines) is 1. The molecule has 5 heteroatoms. The van der Waals surface area contributed by atoms with E-state index >= 15 is 0 Å². The van der Waals surface area contributed by atoms with Crippen molar-refractivity contribution in [3.05, 3.63) is 0 Å². The van der Waals surface area contributed by atoms with Crippen LogP contribution in [0.25, 0.3) is 0 Å². The van der Waals surface area contributed by atoms with Crippen molar-refractivity contribution < 1.29 is 14.3 Å². The molecule has 1 unspecified atom stereocenters. The first kappa shape index (κ1) is 17.7. The molecule has 2 aliphatic carbocycles. The molecule has 0 radical (unpaired) electrons. The first-order valence-corrected chi connectivity index (χ1v) is 9.64. The number of carbonyl (C=O) groups excluding carboxylic acids is 2. The Bertz CT molecular complexity index is 471. The van der Waals surface area contributed by atoms with E-state index in [1.165, 1.54) is 6.42 Å². The molecule has 5 nitrogen and oxygen atoms in total. The highest BCUT2D eigenvalue weighted by Gasteiger charge is 2.51. The van der Waals surface area contributed by atoms with Gasteiger partial charge in [0, 0.05) is 45.8 Å². The lowest BCUT2D eigenvalue weighted by atomic mass is 9.89. The summed E-state index contributed by atoms with van der Waals surface area (Å²) in [5, 5.41) is 0. The molecule has 2 saturated carbocycles. The van der Waals surface area contributed by atoms with Crippen molar-refractivity contribution in [1.82, 2.24) is 9.80 Å². The third-order valence-corrected chi connectivity index (χ3v) is 6.30. The zero-order valence-electron chi connectivity index (χ0n) is 15.3. The average molecular weight is 336 g/mol. The van der Waals surface area contributed by atoms with Crippen LogP contribution >= 0.6 is 0 Å². The summed E-state index contributed by atoms with van der Waals surface area (Å²) in [6, 6.07) is 0.769. The number of hydrogen-bond donors (Lipinski definition) is 0. The Hall–Kier alpha value is -1.10. The van der Waals surface area contributed by atoms with Gasteiger partial charge >= 0.3 is 0 Å². The highest BCUT2D eigenvalue weighted by Crippen LogP contribution is 2.50. The second-order valence-electron chi connectivity index (χ2n) is 7.91. The number of hydrogen-bond acceptors (Lipinski definition) is 3. The van der Waals surface area contributed by atoms with Gasteiger partial charge in [0.25, 0.3) is 0 Å². The highest BCUT2D eigenvalue weighted by atomic mass is 16.5. The average Bonchev–Trinajstić information content (AvgIpc) is 3.32. The Morgan fingerprint density at radius 2 is 1.75 bits per heavy atom. The third-order valence-electron chi connectivity index (χ3n) is 6.30. The van der Waals surface area contributed by atoms with Crippen molar-refractivity contribution >= 4 is 11.8 Å². The van der Waals surface area contributed by atoms with Crippen LogP contribution in [0.2, 0.25) is 0 Å². The summed E-state index contributed by atoms with van der Waals surface area (Å²) in [6.07, 6.45) is 9.39. The van der Waals surface area contributed by atoms with Crippen LogP contribution in [0.1, 0.15) is 64.7 Å². The summed E-state index contributed by atoms with van der Waals surface area (Å²) in [4.78, 5) is 29.3. The van der Waals surface area contributed by atoms with Crippen molar-refractivity contribution in [2.45, 2.75) is 76.8 Å². The first-order valence-electron chi connectivity index (χ1n) is 9.64. The molecular formula is C19H32N2O3. The summed E-state index contributed by atoms with van der Waals surface area (Å²) in [5.74, 6) is 0.543. The van der Waals surface area contributed by atoms with Gasteiger partial charge in [-0.15, -0.1) is 0 Å². The lowest BCUT2D eigenvalue weighted by Gasteiger charge is -2.42. The molecule has 3 aliphatic rings. The zero-order chi connectivity index (χ0) is 17.2. The maximum Gasteiger partial charge on any atom is 0.228 e. The van der Waals surface area contributed by atoms with Gasteiger partial charge in [-0.05, 0) is 57.8 Å². The number of carbonyl (C=O) groups is 2. The summed E-state index contributed by atoms with van der Waals surface area (Å²) >= 11 is 0. The summed E-state index contributed by atoms with van der Waals surface area (Å²) in [5.41, 5.74) is -0.135. The van der Waals surface area contributed by atoms with E-state index in [0.717, 1.165) is 64.5 Å². The van der Waals surface area contributed by atoms with Crippen molar-refractivity contribution in [3.63, 3.8) is 0 Å². The van der Waals surface area contributed by atoms with Crippen LogP contribution < -0.4 is 0 Å². The van der Waals surface area contributed by atoms with Gasteiger partial charge in [-0.2, -0.15) is 0 Å². The summed E-state index contributed by atoms with van der Waals surface area (Å²) in [6.45, 7) is 4.02. The molecule has 0 aromatic carbocycles. The van der Waals surface area contributed by atoms with Crippen LogP contribution in [0.5, 0.6) is 0 Å². The van der Waals surface area contributed by atoms with Gasteiger partial charge < -0.3 is 14.5 Å². The fraction of sp³-hybridized carbons (Fsp3) is 0.895. The van der Waals surface area contributed by atoms with Gasteiger partial charge in [0.15, 0.2) is 0 Å². The Labute approximate surface area is 145 Å². The number of amides is 2. The van der Waals surface area contributed by atoms with E-state index in [9.17, 15) is 9.59 Å². The van der Waals surface area contributed by atoms with Gasteiger partial charge in [-0.25, -0.2) is 0 Å². The Balaban J connectivity index is 1.58. The van der Waals surface area contributed by atoms with Gasteiger partial charge in [0.1, 0.15) is 0 Å². The molecule has 0 spiro atoms. The predicted octanol–water partition coefficient (Wildman–Crippen LogP) is 2.59. The molecule has 3 fully saturated rings. The fourth-order valence-corrected chi connectivity index (χ4v) is 4.39. The van der Waals surface area contributed by atoms with E-state index in [1.54, 1.807) is 14.0 Å². The Morgan fingerprint density at radius 3 is 2.29 bits per heavy atom. The van der Waals surface area contributed by atoms with Crippen LogP contribution in [-0.4, -0.2) is 60.5 Å². The van der Waals surface area contributed by atoms with E-state index in [-0.39, 0.29) is 11.3 Å². The molecule has 24 heavy (non-hydrogen) atoms. The number of methoxy groups -OCH3 is 1.